The lowest BCUT2D eigenvalue weighted by atomic mass is 10.1. The minimum atomic E-state index is 0.843. The maximum atomic E-state index is 5.65. The molecule has 0 aliphatic heterocycles. The zero-order valence-electron chi connectivity index (χ0n) is 12.9. The Morgan fingerprint density at radius 1 is 0.421 bits per heavy atom. The standard InChI is InChI=1S/C16H36N2O/c17-13-9-5-1-3-7-11-15-19-16-12-8-4-2-6-10-14-18/h1-18H2. The molecule has 0 unspecified atom stereocenters. The van der Waals surface area contributed by atoms with Gasteiger partial charge in [-0.1, -0.05) is 51.4 Å². The number of hydrogen-bond acceptors (Lipinski definition) is 3. The van der Waals surface area contributed by atoms with Crippen LogP contribution in [-0.2, 0) is 4.74 Å². The summed E-state index contributed by atoms with van der Waals surface area (Å²) in [5.74, 6) is 0. The van der Waals surface area contributed by atoms with Crippen molar-refractivity contribution in [2.45, 2.75) is 77.0 Å². The minimum absolute atomic E-state index is 0.843. The summed E-state index contributed by atoms with van der Waals surface area (Å²) in [5, 5.41) is 0. The minimum Gasteiger partial charge on any atom is -0.381 e. The largest absolute Gasteiger partial charge is 0.381 e. The molecule has 0 fully saturated rings. The quantitative estimate of drug-likeness (QED) is 0.422. The molecular weight excluding hydrogens is 236 g/mol. The summed E-state index contributed by atoms with van der Waals surface area (Å²) in [5.41, 5.74) is 10.9. The number of nitrogens with two attached hydrogens (primary N) is 2. The van der Waals surface area contributed by atoms with E-state index in [0.717, 1.165) is 26.3 Å². The molecule has 4 N–H and O–H groups in total. The van der Waals surface area contributed by atoms with E-state index >= 15 is 0 Å². The zero-order valence-corrected chi connectivity index (χ0v) is 12.9. The van der Waals surface area contributed by atoms with E-state index in [2.05, 4.69) is 0 Å². The Morgan fingerprint density at radius 2 is 0.737 bits per heavy atom. The summed E-state index contributed by atoms with van der Waals surface area (Å²) in [6.45, 7) is 3.58. The second-order valence-electron chi connectivity index (χ2n) is 5.43. The van der Waals surface area contributed by atoms with E-state index < -0.39 is 0 Å². The average Bonchev–Trinajstić information content (AvgIpc) is 2.43. The van der Waals surface area contributed by atoms with Gasteiger partial charge in [-0.25, -0.2) is 0 Å². The third kappa shape index (κ3) is 17.9. The average molecular weight is 272 g/mol. The van der Waals surface area contributed by atoms with E-state index in [-0.39, 0.29) is 0 Å². The Kier molecular flexibility index (Phi) is 17.8. The van der Waals surface area contributed by atoms with Crippen LogP contribution in [-0.4, -0.2) is 26.3 Å². The predicted molar refractivity (Wildman–Crippen MR) is 84.3 cm³/mol. The molecule has 0 radical (unpaired) electrons. The summed E-state index contributed by atoms with van der Waals surface area (Å²) in [7, 11) is 0. The Balaban J connectivity index is 2.88. The van der Waals surface area contributed by atoms with E-state index in [9.17, 15) is 0 Å². The van der Waals surface area contributed by atoms with Crippen molar-refractivity contribution in [1.29, 1.82) is 0 Å². The lowest BCUT2D eigenvalue weighted by Gasteiger charge is -2.04. The van der Waals surface area contributed by atoms with E-state index in [1.807, 2.05) is 0 Å². The fraction of sp³-hybridized carbons (Fsp3) is 1.00. The highest BCUT2D eigenvalue weighted by Gasteiger charge is 1.93. The number of rotatable bonds is 16. The maximum Gasteiger partial charge on any atom is 0.0466 e. The van der Waals surface area contributed by atoms with Crippen LogP contribution in [0.2, 0.25) is 0 Å². The Labute approximate surface area is 120 Å². The topological polar surface area (TPSA) is 61.3 Å². The highest BCUT2D eigenvalue weighted by Crippen LogP contribution is 2.06. The predicted octanol–water partition coefficient (Wildman–Crippen LogP) is 3.60. The molecule has 0 aliphatic carbocycles. The highest BCUT2D eigenvalue weighted by atomic mass is 16.5. The molecule has 0 bridgehead atoms. The summed E-state index contributed by atoms with van der Waals surface area (Å²) in [4.78, 5) is 0. The molecule has 0 aromatic heterocycles. The molecule has 0 heterocycles. The highest BCUT2D eigenvalue weighted by molar-refractivity contribution is 4.47. The Hall–Kier alpha value is -0.120. The first-order chi connectivity index (χ1) is 9.41. The van der Waals surface area contributed by atoms with E-state index in [0.29, 0.717) is 0 Å². The van der Waals surface area contributed by atoms with Gasteiger partial charge in [-0.05, 0) is 38.8 Å². The van der Waals surface area contributed by atoms with Gasteiger partial charge in [0, 0.05) is 13.2 Å². The normalized spacial score (nSPS) is 11.1. The third-order valence-corrected chi connectivity index (χ3v) is 3.49. The molecule has 0 rings (SSSR count). The Bertz CT molecular complexity index is 138. The van der Waals surface area contributed by atoms with Gasteiger partial charge in [-0.3, -0.25) is 0 Å². The number of ether oxygens (including phenoxy) is 1. The molecule has 0 aromatic carbocycles. The van der Waals surface area contributed by atoms with Gasteiger partial charge in [-0.2, -0.15) is 0 Å². The van der Waals surface area contributed by atoms with Gasteiger partial charge in [0.15, 0.2) is 0 Å². The first-order valence-electron chi connectivity index (χ1n) is 8.39. The van der Waals surface area contributed by atoms with E-state index in [1.165, 1.54) is 77.0 Å². The third-order valence-electron chi connectivity index (χ3n) is 3.49. The molecule has 0 spiro atoms. The van der Waals surface area contributed by atoms with Gasteiger partial charge in [0.05, 0.1) is 0 Å². The Morgan fingerprint density at radius 3 is 1.11 bits per heavy atom. The van der Waals surface area contributed by atoms with Crippen molar-refractivity contribution in [3.8, 4) is 0 Å². The van der Waals surface area contributed by atoms with Crippen LogP contribution in [0.3, 0.4) is 0 Å². The van der Waals surface area contributed by atoms with Gasteiger partial charge in [0.25, 0.3) is 0 Å². The molecular formula is C16H36N2O. The molecule has 0 atom stereocenters. The first kappa shape index (κ1) is 18.9. The molecule has 0 amide bonds. The second-order valence-corrected chi connectivity index (χ2v) is 5.43. The fourth-order valence-corrected chi connectivity index (χ4v) is 2.21. The molecule has 0 aliphatic rings. The smallest absolute Gasteiger partial charge is 0.0466 e. The number of hydrogen-bond donors (Lipinski definition) is 2. The van der Waals surface area contributed by atoms with Crippen LogP contribution in [0.5, 0.6) is 0 Å². The molecule has 116 valence electrons. The van der Waals surface area contributed by atoms with Crippen molar-refractivity contribution >= 4 is 0 Å². The van der Waals surface area contributed by atoms with Crippen LogP contribution in [0.1, 0.15) is 77.0 Å². The number of unbranched alkanes of at least 4 members (excludes halogenated alkanes) is 10. The molecule has 3 heteroatoms. The summed E-state index contributed by atoms with van der Waals surface area (Å²) in [6, 6.07) is 0. The van der Waals surface area contributed by atoms with Crippen molar-refractivity contribution in [3.63, 3.8) is 0 Å². The van der Waals surface area contributed by atoms with Crippen molar-refractivity contribution < 1.29 is 4.74 Å². The molecule has 19 heavy (non-hydrogen) atoms. The van der Waals surface area contributed by atoms with Crippen LogP contribution in [0.15, 0.2) is 0 Å². The zero-order chi connectivity index (χ0) is 14.0. The van der Waals surface area contributed by atoms with Gasteiger partial charge >= 0.3 is 0 Å². The molecule has 0 aromatic rings. The van der Waals surface area contributed by atoms with Crippen molar-refractivity contribution in [3.05, 3.63) is 0 Å². The van der Waals surface area contributed by atoms with E-state index in [1.54, 1.807) is 0 Å². The monoisotopic (exact) mass is 272 g/mol. The molecule has 0 saturated heterocycles. The van der Waals surface area contributed by atoms with Crippen LogP contribution in [0.4, 0.5) is 0 Å². The lowest BCUT2D eigenvalue weighted by Crippen LogP contribution is -1.99. The van der Waals surface area contributed by atoms with Crippen molar-refractivity contribution in [2.75, 3.05) is 26.3 Å². The molecule has 3 nitrogen and oxygen atoms in total. The first-order valence-corrected chi connectivity index (χ1v) is 8.39. The van der Waals surface area contributed by atoms with Gasteiger partial charge in [0.1, 0.15) is 0 Å². The van der Waals surface area contributed by atoms with Crippen LogP contribution in [0, 0.1) is 0 Å². The second kappa shape index (κ2) is 17.9. The summed E-state index contributed by atoms with van der Waals surface area (Å²) < 4.78 is 5.65. The van der Waals surface area contributed by atoms with E-state index in [4.69, 9.17) is 16.2 Å². The van der Waals surface area contributed by atoms with Crippen molar-refractivity contribution in [2.24, 2.45) is 11.5 Å². The molecule has 0 saturated carbocycles. The van der Waals surface area contributed by atoms with Crippen LogP contribution >= 0.6 is 0 Å². The van der Waals surface area contributed by atoms with Crippen molar-refractivity contribution in [1.82, 2.24) is 0 Å². The SMILES string of the molecule is NCCCCCCCCOCCCCCCCCN. The summed E-state index contributed by atoms with van der Waals surface area (Å²) >= 11 is 0. The van der Waals surface area contributed by atoms with Gasteiger partial charge in [-0.15, -0.1) is 0 Å². The maximum absolute atomic E-state index is 5.65. The fourth-order valence-electron chi connectivity index (χ4n) is 2.21. The summed E-state index contributed by atoms with van der Waals surface area (Å²) in [6.07, 6.45) is 15.4. The lowest BCUT2D eigenvalue weighted by molar-refractivity contribution is 0.125. The van der Waals surface area contributed by atoms with Gasteiger partial charge < -0.3 is 16.2 Å². The van der Waals surface area contributed by atoms with Gasteiger partial charge in [0.2, 0.25) is 0 Å². The van der Waals surface area contributed by atoms with Crippen LogP contribution < -0.4 is 11.5 Å². The van der Waals surface area contributed by atoms with Crippen LogP contribution in [0.25, 0.3) is 0 Å².